The number of rotatable bonds is 8. The third-order valence-corrected chi connectivity index (χ3v) is 8.63. The van der Waals surface area contributed by atoms with Crippen LogP contribution < -0.4 is 0 Å². The Labute approximate surface area is 199 Å². The van der Waals surface area contributed by atoms with Crippen LogP contribution in [0.15, 0.2) is 11.6 Å². The molecule has 1 fully saturated rings. The number of esters is 3. The average molecular weight is 465 g/mol. The summed E-state index contributed by atoms with van der Waals surface area (Å²) in [5.74, 6) is -0.648. The zero-order valence-corrected chi connectivity index (χ0v) is 22.0. The Morgan fingerprint density at radius 3 is 2.33 bits per heavy atom. The van der Waals surface area contributed by atoms with Gasteiger partial charge in [0.1, 0.15) is 12.2 Å². The van der Waals surface area contributed by atoms with Crippen LogP contribution in [-0.2, 0) is 28.6 Å². The first-order chi connectivity index (χ1) is 15.3. The number of allylic oxidation sites excluding steroid dienone is 1. The second-order valence-corrected chi connectivity index (χ2v) is 11.1. The van der Waals surface area contributed by atoms with Gasteiger partial charge in [-0.1, -0.05) is 53.2 Å². The Hall–Kier alpha value is -1.85. The SMILES string of the molecule is COC(=O)C[C@H](C)CC[C@@]1(C)[C@H](C)[C@@H](OC(C)=O)[C@H](OC(=O)C(C)C)[C@@]2(C)C(C)=CCC[C@H]12. The van der Waals surface area contributed by atoms with E-state index in [0.717, 1.165) is 25.7 Å². The van der Waals surface area contributed by atoms with E-state index in [2.05, 4.69) is 40.7 Å². The highest BCUT2D eigenvalue weighted by molar-refractivity contribution is 5.72. The first-order valence-corrected chi connectivity index (χ1v) is 12.4. The number of fused-ring (bicyclic) bond motifs is 1. The van der Waals surface area contributed by atoms with E-state index in [1.165, 1.54) is 19.6 Å². The number of hydrogen-bond acceptors (Lipinski definition) is 6. The van der Waals surface area contributed by atoms with Gasteiger partial charge < -0.3 is 14.2 Å². The zero-order valence-electron chi connectivity index (χ0n) is 22.0. The van der Waals surface area contributed by atoms with Crippen molar-refractivity contribution < 1.29 is 28.6 Å². The fraction of sp³-hybridized carbons (Fsp3) is 0.815. The largest absolute Gasteiger partial charge is 0.469 e. The molecule has 0 aromatic carbocycles. The molecule has 0 aromatic rings. The van der Waals surface area contributed by atoms with E-state index in [0.29, 0.717) is 6.42 Å². The molecular formula is C27H44O6. The lowest BCUT2D eigenvalue weighted by molar-refractivity contribution is -0.225. The number of hydrogen-bond donors (Lipinski definition) is 0. The van der Waals surface area contributed by atoms with Gasteiger partial charge >= 0.3 is 17.9 Å². The summed E-state index contributed by atoms with van der Waals surface area (Å²) in [5.41, 5.74) is 0.601. The maximum Gasteiger partial charge on any atom is 0.308 e. The van der Waals surface area contributed by atoms with Gasteiger partial charge in [-0.05, 0) is 49.9 Å². The quantitative estimate of drug-likeness (QED) is 0.269. The molecule has 0 spiro atoms. The van der Waals surface area contributed by atoms with Crippen molar-refractivity contribution in [2.75, 3.05) is 7.11 Å². The predicted molar refractivity (Wildman–Crippen MR) is 127 cm³/mol. The molecular weight excluding hydrogens is 420 g/mol. The summed E-state index contributed by atoms with van der Waals surface area (Å²) in [6.07, 6.45) is 5.30. The van der Waals surface area contributed by atoms with Gasteiger partial charge in [0.2, 0.25) is 0 Å². The molecule has 0 bridgehead atoms. The van der Waals surface area contributed by atoms with Gasteiger partial charge in [0.15, 0.2) is 0 Å². The highest BCUT2D eigenvalue weighted by atomic mass is 16.6. The molecule has 7 atom stereocenters. The predicted octanol–water partition coefficient (Wildman–Crippen LogP) is 5.48. The lowest BCUT2D eigenvalue weighted by Crippen LogP contribution is -2.65. The van der Waals surface area contributed by atoms with Gasteiger partial charge in [-0.15, -0.1) is 0 Å². The number of carbonyl (C=O) groups excluding carboxylic acids is 3. The van der Waals surface area contributed by atoms with Gasteiger partial charge in [-0.2, -0.15) is 0 Å². The minimum absolute atomic E-state index is 0.0133. The molecule has 0 unspecified atom stereocenters. The van der Waals surface area contributed by atoms with E-state index in [1.807, 2.05) is 13.8 Å². The third kappa shape index (κ3) is 5.46. The van der Waals surface area contributed by atoms with Gasteiger partial charge in [-0.25, -0.2) is 0 Å². The van der Waals surface area contributed by atoms with Crippen molar-refractivity contribution in [1.82, 2.24) is 0 Å². The standard InChI is InChI=1S/C27H44O6/c1-16(2)25(30)33-24-23(32-20(6)28)19(5)26(7,14-13-17(3)15-22(29)31-9)21-12-10-11-18(4)27(21,24)8/h11,16-17,19,21,23-24H,10,12-15H2,1-9H3/t17-,19-,21-,23-,24+,26+,27+/m1/s1. The Bertz CT molecular complexity index is 771. The Kier molecular flexibility index (Phi) is 8.80. The second kappa shape index (κ2) is 10.6. The monoisotopic (exact) mass is 464 g/mol. The fourth-order valence-electron chi connectivity index (χ4n) is 6.23. The molecule has 0 heterocycles. The Morgan fingerprint density at radius 1 is 1.15 bits per heavy atom. The van der Waals surface area contributed by atoms with E-state index < -0.39 is 17.6 Å². The van der Waals surface area contributed by atoms with Crippen LogP contribution in [-0.4, -0.2) is 37.2 Å². The molecule has 0 aromatic heterocycles. The normalized spacial score (nSPS) is 34.7. The topological polar surface area (TPSA) is 78.9 Å². The molecule has 2 rings (SSSR count). The molecule has 6 nitrogen and oxygen atoms in total. The summed E-state index contributed by atoms with van der Waals surface area (Å²) in [7, 11) is 1.42. The number of ether oxygens (including phenoxy) is 3. The van der Waals surface area contributed by atoms with E-state index in [-0.39, 0.29) is 47.0 Å². The van der Waals surface area contributed by atoms with Gasteiger partial charge in [-0.3, -0.25) is 14.4 Å². The molecule has 0 N–H and O–H groups in total. The molecule has 6 heteroatoms. The smallest absolute Gasteiger partial charge is 0.308 e. The molecule has 33 heavy (non-hydrogen) atoms. The molecule has 0 saturated heterocycles. The van der Waals surface area contributed by atoms with Crippen molar-refractivity contribution in [2.45, 2.75) is 99.7 Å². The number of methoxy groups -OCH3 is 1. The summed E-state index contributed by atoms with van der Waals surface area (Å²) in [6, 6.07) is 0. The van der Waals surface area contributed by atoms with Crippen molar-refractivity contribution in [1.29, 1.82) is 0 Å². The summed E-state index contributed by atoms with van der Waals surface area (Å²) in [5, 5.41) is 0. The van der Waals surface area contributed by atoms with Crippen molar-refractivity contribution >= 4 is 17.9 Å². The molecule has 1 saturated carbocycles. The van der Waals surface area contributed by atoms with Crippen molar-refractivity contribution in [2.24, 2.45) is 34.5 Å². The molecule has 2 aliphatic rings. The lowest BCUT2D eigenvalue weighted by Gasteiger charge is -2.62. The Morgan fingerprint density at radius 2 is 1.79 bits per heavy atom. The summed E-state index contributed by atoms with van der Waals surface area (Å²) < 4.78 is 16.9. The van der Waals surface area contributed by atoms with Crippen LogP contribution in [0.25, 0.3) is 0 Å². The zero-order chi connectivity index (χ0) is 25.1. The van der Waals surface area contributed by atoms with E-state index >= 15 is 0 Å². The molecule has 0 aliphatic heterocycles. The average Bonchev–Trinajstić information content (AvgIpc) is 2.74. The van der Waals surface area contributed by atoms with Gasteiger partial charge in [0.25, 0.3) is 0 Å². The minimum Gasteiger partial charge on any atom is -0.469 e. The third-order valence-electron chi connectivity index (χ3n) is 8.63. The first-order valence-electron chi connectivity index (χ1n) is 12.4. The summed E-state index contributed by atoms with van der Waals surface area (Å²) in [6.45, 7) is 15.9. The Balaban J connectivity index is 2.49. The van der Waals surface area contributed by atoms with Crippen LogP contribution in [0.4, 0.5) is 0 Å². The summed E-state index contributed by atoms with van der Waals surface area (Å²) >= 11 is 0. The maximum atomic E-state index is 12.8. The van der Waals surface area contributed by atoms with Gasteiger partial charge in [0, 0.05) is 24.7 Å². The molecule has 188 valence electrons. The molecule has 0 amide bonds. The first kappa shape index (κ1) is 27.4. The van der Waals surface area contributed by atoms with Crippen LogP contribution in [0.2, 0.25) is 0 Å². The molecule has 2 aliphatic carbocycles. The van der Waals surface area contributed by atoms with E-state index in [1.54, 1.807) is 0 Å². The number of carbonyl (C=O) groups is 3. The lowest BCUT2D eigenvalue weighted by atomic mass is 9.45. The van der Waals surface area contributed by atoms with Crippen LogP contribution >= 0.6 is 0 Å². The molecule has 0 radical (unpaired) electrons. The van der Waals surface area contributed by atoms with Crippen LogP contribution in [0.5, 0.6) is 0 Å². The second-order valence-electron chi connectivity index (χ2n) is 11.1. The van der Waals surface area contributed by atoms with E-state index in [9.17, 15) is 14.4 Å². The van der Waals surface area contributed by atoms with Crippen molar-refractivity contribution in [3.63, 3.8) is 0 Å². The van der Waals surface area contributed by atoms with Crippen molar-refractivity contribution in [3.05, 3.63) is 11.6 Å². The van der Waals surface area contributed by atoms with Crippen molar-refractivity contribution in [3.8, 4) is 0 Å². The minimum atomic E-state index is -0.534. The van der Waals surface area contributed by atoms with E-state index in [4.69, 9.17) is 14.2 Å². The van der Waals surface area contributed by atoms with Crippen LogP contribution in [0, 0.1) is 34.5 Å². The van der Waals surface area contributed by atoms with Gasteiger partial charge in [0.05, 0.1) is 13.0 Å². The van der Waals surface area contributed by atoms with Crippen LogP contribution in [0.1, 0.15) is 87.5 Å². The van der Waals surface area contributed by atoms with Crippen LogP contribution in [0.3, 0.4) is 0 Å². The summed E-state index contributed by atoms with van der Waals surface area (Å²) in [4.78, 5) is 36.7. The highest BCUT2D eigenvalue weighted by Crippen LogP contribution is 2.63. The fourth-order valence-corrected chi connectivity index (χ4v) is 6.23. The highest BCUT2D eigenvalue weighted by Gasteiger charge is 2.64. The maximum absolute atomic E-state index is 12.8.